The van der Waals surface area contributed by atoms with Crippen LogP contribution >= 0.6 is 0 Å². The third-order valence-electron chi connectivity index (χ3n) is 3.03. The Morgan fingerprint density at radius 3 is 2.71 bits per heavy atom. The number of aliphatic hydroxyl groups is 1. The van der Waals surface area contributed by atoms with Crippen LogP contribution in [0, 0.1) is 5.92 Å². The molecule has 1 amide bonds. The molecule has 1 saturated heterocycles. The Labute approximate surface area is 101 Å². The van der Waals surface area contributed by atoms with Gasteiger partial charge >= 0.3 is 5.97 Å². The molecule has 17 heavy (non-hydrogen) atoms. The standard InChI is InChI=1S/C11H20N2O4/c1-3-17-11(16)9(12)10(15)13-5-4-8(6-13)7(2)14/h7-9,14H,3-6,12H2,1-2H3. The van der Waals surface area contributed by atoms with E-state index >= 15 is 0 Å². The number of amides is 1. The van der Waals surface area contributed by atoms with Gasteiger partial charge in [0.1, 0.15) is 0 Å². The maximum absolute atomic E-state index is 11.8. The lowest BCUT2D eigenvalue weighted by atomic mass is 10.0. The molecule has 1 heterocycles. The largest absolute Gasteiger partial charge is 0.464 e. The molecular formula is C11H20N2O4. The monoisotopic (exact) mass is 244 g/mol. The minimum atomic E-state index is -1.25. The summed E-state index contributed by atoms with van der Waals surface area (Å²) in [5.74, 6) is -1.06. The first-order chi connectivity index (χ1) is 7.97. The van der Waals surface area contributed by atoms with E-state index in [0.29, 0.717) is 13.1 Å². The first kappa shape index (κ1) is 13.9. The van der Waals surface area contributed by atoms with E-state index in [0.717, 1.165) is 6.42 Å². The van der Waals surface area contributed by atoms with E-state index in [1.807, 2.05) is 0 Å². The molecule has 1 aliphatic rings. The van der Waals surface area contributed by atoms with Crippen LogP contribution in [0.5, 0.6) is 0 Å². The molecule has 1 aliphatic heterocycles. The number of aliphatic hydroxyl groups excluding tert-OH is 1. The fraction of sp³-hybridized carbons (Fsp3) is 0.818. The molecule has 0 aromatic rings. The molecule has 1 fully saturated rings. The number of nitrogens with two attached hydrogens (primary N) is 1. The van der Waals surface area contributed by atoms with Gasteiger partial charge < -0.3 is 20.5 Å². The lowest BCUT2D eigenvalue weighted by Crippen LogP contribution is -2.48. The van der Waals surface area contributed by atoms with E-state index in [2.05, 4.69) is 0 Å². The average Bonchev–Trinajstić information content (AvgIpc) is 2.76. The number of hydrogen-bond donors (Lipinski definition) is 2. The van der Waals surface area contributed by atoms with Gasteiger partial charge in [0, 0.05) is 19.0 Å². The van der Waals surface area contributed by atoms with Crippen molar-refractivity contribution in [1.82, 2.24) is 4.90 Å². The third-order valence-corrected chi connectivity index (χ3v) is 3.03. The lowest BCUT2D eigenvalue weighted by Gasteiger charge is -2.20. The van der Waals surface area contributed by atoms with Crippen LogP contribution in [0.4, 0.5) is 0 Å². The molecule has 0 radical (unpaired) electrons. The maximum atomic E-state index is 11.8. The van der Waals surface area contributed by atoms with Crippen LogP contribution in [-0.2, 0) is 14.3 Å². The fourth-order valence-corrected chi connectivity index (χ4v) is 1.91. The summed E-state index contributed by atoms with van der Waals surface area (Å²) >= 11 is 0. The highest BCUT2D eigenvalue weighted by Crippen LogP contribution is 2.20. The van der Waals surface area contributed by atoms with Crippen molar-refractivity contribution < 1.29 is 19.4 Å². The van der Waals surface area contributed by atoms with E-state index in [9.17, 15) is 14.7 Å². The Bertz CT molecular complexity index is 293. The Hall–Kier alpha value is -1.14. The van der Waals surface area contributed by atoms with Crippen LogP contribution in [0.15, 0.2) is 0 Å². The van der Waals surface area contributed by atoms with Crippen LogP contribution < -0.4 is 5.73 Å². The number of likely N-dealkylation sites (tertiary alicyclic amines) is 1. The molecule has 98 valence electrons. The first-order valence-corrected chi connectivity index (χ1v) is 5.86. The number of rotatable bonds is 4. The number of esters is 1. The molecule has 0 bridgehead atoms. The molecule has 1 rings (SSSR count). The van der Waals surface area contributed by atoms with E-state index < -0.39 is 24.0 Å². The minimum Gasteiger partial charge on any atom is -0.464 e. The zero-order valence-electron chi connectivity index (χ0n) is 10.3. The van der Waals surface area contributed by atoms with E-state index in [1.54, 1.807) is 13.8 Å². The van der Waals surface area contributed by atoms with Gasteiger partial charge in [-0.25, -0.2) is 4.79 Å². The number of nitrogens with zero attached hydrogens (tertiary/aromatic N) is 1. The Kier molecular flexibility index (Phi) is 4.89. The molecule has 3 N–H and O–H groups in total. The highest BCUT2D eigenvalue weighted by atomic mass is 16.5. The second-order valence-electron chi connectivity index (χ2n) is 4.30. The van der Waals surface area contributed by atoms with Gasteiger partial charge in [-0.1, -0.05) is 0 Å². The van der Waals surface area contributed by atoms with Crippen molar-refractivity contribution in [1.29, 1.82) is 0 Å². The van der Waals surface area contributed by atoms with Crippen LogP contribution in [0.25, 0.3) is 0 Å². The molecule has 0 aromatic heterocycles. The number of carbonyl (C=O) groups excluding carboxylic acids is 2. The molecule has 6 nitrogen and oxygen atoms in total. The molecule has 0 aliphatic carbocycles. The van der Waals surface area contributed by atoms with Crippen molar-refractivity contribution >= 4 is 11.9 Å². The number of hydrogen-bond acceptors (Lipinski definition) is 5. The highest BCUT2D eigenvalue weighted by molar-refractivity contribution is 6.01. The molecule has 0 aromatic carbocycles. The number of ether oxygens (including phenoxy) is 1. The smallest absolute Gasteiger partial charge is 0.332 e. The third kappa shape index (κ3) is 3.41. The summed E-state index contributed by atoms with van der Waals surface area (Å²) in [5.41, 5.74) is 5.52. The predicted octanol–water partition coefficient (Wildman–Crippen LogP) is -0.894. The van der Waals surface area contributed by atoms with Crippen LogP contribution in [0.1, 0.15) is 20.3 Å². The predicted molar refractivity (Wildman–Crippen MR) is 61.0 cm³/mol. The Morgan fingerprint density at radius 1 is 1.59 bits per heavy atom. The molecule has 0 saturated carbocycles. The van der Waals surface area contributed by atoms with Crippen molar-refractivity contribution in [3.05, 3.63) is 0 Å². The fourth-order valence-electron chi connectivity index (χ4n) is 1.91. The van der Waals surface area contributed by atoms with Crippen molar-refractivity contribution in [3.63, 3.8) is 0 Å². The van der Waals surface area contributed by atoms with Gasteiger partial charge in [0.25, 0.3) is 5.91 Å². The van der Waals surface area contributed by atoms with Crippen molar-refractivity contribution in [3.8, 4) is 0 Å². The van der Waals surface area contributed by atoms with Crippen LogP contribution in [0.3, 0.4) is 0 Å². The van der Waals surface area contributed by atoms with Gasteiger partial charge in [-0.2, -0.15) is 0 Å². The quantitative estimate of drug-likeness (QED) is 0.494. The first-order valence-electron chi connectivity index (χ1n) is 5.86. The van der Waals surface area contributed by atoms with Crippen molar-refractivity contribution in [2.75, 3.05) is 19.7 Å². The van der Waals surface area contributed by atoms with Crippen molar-refractivity contribution in [2.45, 2.75) is 32.4 Å². The number of carbonyl (C=O) groups is 2. The topological polar surface area (TPSA) is 92.9 Å². The van der Waals surface area contributed by atoms with Crippen LogP contribution in [0.2, 0.25) is 0 Å². The van der Waals surface area contributed by atoms with Gasteiger partial charge in [-0.3, -0.25) is 4.79 Å². The van der Waals surface area contributed by atoms with Gasteiger partial charge in [-0.15, -0.1) is 0 Å². The minimum absolute atomic E-state index is 0.0633. The zero-order chi connectivity index (χ0) is 13.0. The normalized spacial score (nSPS) is 23.3. The molecule has 3 atom stereocenters. The molecule has 3 unspecified atom stereocenters. The van der Waals surface area contributed by atoms with Crippen molar-refractivity contribution in [2.24, 2.45) is 11.7 Å². The molecule has 6 heteroatoms. The SMILES string of the molecule is CCOC(=O)C(N)C(=O)N1CCC(C(C)O)C1. The van der Waals surface area contributed by atoms with Gasteiger partial charge in [-0.05, 0) is 20.3 Å². The average molecular weight is 244 g/mol. The highest BCUT2D eigenvalue weighted by Gasteiger charge is 2.34. The summed E-state index contributed by atoms with van der Waals surface area (Å²) < 4.78 is 4.70. The molecular weight excluding hydrogens is 224 g/mol. The van der Waals surface area contributed by atoms with E-state index in [-0.39, 0.29) is 12.5 Å². The van der Waals surface area contributed by atoms with Gasteiger partial charge in [0.15, 0.2) is 6.04 Å². The lowest BCUT2D eigenvalue weighted by molar-refractivity contribution is -0.150. The maximum Gasteiger partial charge on any atom is 0.332 e. The summed E-state index contributed by atoms with van der Waals surface area (Å²) in [6.07, 6.45) is 0.283. The van der Waals surface area contributed by atoms with Crippen LogP contribution in [-0.4, -0.2) is 53.7 Å². The summed E-state index contributed by atoms with van der Waals surface area (Å²) in [4.78, 5) is 24.7. The van der Waals surface area contributed by atoms with E-state index in [4.69, 9.17) is 10.5 Å². The second-order valence-corrected chi connectivity index (χ2v) is 4.30. The summed E-state index contributed by atoms with van der Waals surface area (Å²) in [7, 11) is 0. The summed E-state index contributed by atoms with van der Waals surface area (Å²) in [6, 6.07) is -1.25. The zero-order valence-corrected chi connectivity index (χ0v) is 10.3. The summed E-state index contributed by atoms with van der Waals surface area (Å²) in [6.45, 7) is 4.54. The van der Waals surface area contributed by atoms with Gasteiger partial charge in [0.05, 0.1) is 12.7 Å². The molecule has 0 spiro atoms. The Morgan fingerprint density at radius 2 is 2.24 bits per heavy atom. The summed E-state index contributed by atoms with van der Waals surface area (Å²) in [5, 5.41) is 9.42. The Balaban J connectivity index is 2.51. The van der Waals surface area contributed by atoms with Gasteiger partial charge in [0.2, 0.25) is 0 Å². The second kappa shape index (κ2) is 5.97. The van der Waals surface area contributed by atoms with E-state index in [1.165, 1.54) is 4.90 Å².